The standard InChI is InChI=1S/C28H29NO5/c1-20-28(23-11-7-4-8-12-23,29-26(34-20)22-9-5-3-6-10-22)17-18-33-24-15-13-21(14-16-24)19-25(32-2)27(30)31/h3-16,20,25H,17-19H2,1-2H3,(H,30,31). The van der Waals surface area contributed by atoms with Crippen molar-refractivity contribution in [3.63, 3.8) is 0 Å². The largest absolute Gasteiger partial charge is 0.493 e. The van der Waals surface area contributed by atoms with Crippen molar-refractivity contribution in [1.29, 1.82) is 0 Å². The molecule has 0 aliphatic carbocycles. The molecule has 34 heavy (non-hydrogen) atoms. The van der Waals surface area contributed by atoms with Crippen LogP contribution in [-0.4, -0.2) is 42.9 Å². The van der Waals surface area contributed by atoms with E-state index in [1.165, 1.54) is 7.11 Å². The summed E-state index contributed by atoms with van der Waals surface area (Å²) < 4.78 is 17.3. The summed E-state index contributed by atoms with van der Waals surface area (Å²) in [5.74, 6) is 0.389. The van der Waals surface area contributed by atoms with Crippen molar-refractivity contribution in [2.45, 2.75) is 37.5 Å². The smallest absolute Gasteiger partial charge is 0.333 e. The topological polar surface area (TPSA) is 77.3 Å². The second-order valence-corrected chi connectivity index (χ2v) is 8.34. The number of benzene rings is 3. The van der Waals surface area contributed by atoms with E-state index in [4.69, 9.17) is 24.3 Å². The highest BCUT2D eigenvalue weighted by molar-refractivity contribution is 5.95. The summed E-state index contributed by atoms with van der Waals surface area (Å²) in [6, 6.07) is 27.6. The molecule has 0 fully saturated rings. The summed E-state index contributed by atoms with van der Waals surface area (Å²) in [6.07, 6.45) is -0.0769. The van der Waals surface area contributed by atoms with Crippen LogP contribution in [0.2, 0.25) is 0 Å². The molecule has 176 valence electrons. The molecule has 0 aromatic heterocycles. The third-order valence-electron chi connectivity index (χ3n) is 6.21. The lowest BCUT2D eigenvalue weighted by Crippen LogP contribution is -2.35. The molecule has 0 spiro atoms. The summed E-state index contributed by atoms with van der Waals surface area (Å²) in [6.45, 7) is 2.50. The quantitative estimate of drug-likeness (QED) is 0.469. The summed E-state index contributed by atoms with van der Waals surface area (Å²) in [5, 5.41) is 9.17. The van der Waals surface area contributed by atoms with Crippen molar-refractivity contribution in [3.8, 4) is 5.75 Å². The van der Waals surface area contributed by atoms with Gasteiger partial charge in [0.15, 0.2) is 6.10 Å². The average Bonchev–Trinajstić information content (AvgIpc) is 3.21. The fraction of sp³-hybridized carbons (Fsp3) is 0.286. The number of hydrogen-bond acceptors (Lipinski definition) is 5. The molecule has 3 aromatic carbocycles. The number of carboxylic acid groups (broad SMARTS) is 1. The van der Waals surface area contributed by atoms with Crippen molar-refractivity contribution in [1.82, 2.24) is 0 Å². The second kappa shape index (κ2) is 10.5. The molecule has 0 radical (unpaired) electrons. The third kappa shape index (κ3) is 5.13. The molecule has 3 unspecified atom stereocenters. The predicted molar refractivity (Wildman–Crippen MR) is 130 cm³/mol. The molecule has 6 nitrogen and oxygen atoms in total. The molecular formula is C28H29NO5. The molecule has 1 aliphatic rings. The van der Waals surface area contributed by atoms with E-state index in [0.29, 0.717) is 25.3 Å². The van der Waals surface area contributed by atoms with Gasteiger partial charge < -0.3 is 19.3 Å². The molecule has 0 saturated carbocycles. The minimum Gasteiger partial charge on any atom is -0.493 e. The molecule has 0 bridgehead atoms. The molecule has 0 saturated heterocycles. The molecule has 4 rings (SSSR count). The first-order chi connectivity index (χ1) is 16.5. The Morgan fingerprint density at radius 1 is 1.03 bits per heavy atom. The van der Waals surface area contributed by atoms with Crippen molar-refractivity contribution in [2.24, 2.45) is 4.99 Å². The molecule has 6 heteroatoms. The molecule has 3 atom stereocenters. The highest BCUT2D eigenvalue weighted by Crippen LogP contribution is 2.40. The van der Waals surface area contributed by atoms with E-state index in [0.717, 1.165) is 22.4 Å². The highest BCUT2D eigenvalue weighted by Gasteiger charge is 2.45. The lowest BCUT2D eigenvalue weighted by atomic mass is 9.83. The number of methoxy groups -OCH3 is 1. The van der Waals surface area contributed by atoms with Crippen LogP contribution >= 0.6 is 0 Å². The van der Waals surface area contributed by atoms with E-state index in [2.05, 4.69) is 19.1 Å². The first kappa shape index (κ1) is 23.5. The Morgan fingerprint density at radius 2 is 1.68 bits per heavy atom. The Kier molecular flexibility index (Phi) is 7.28. The Morgan fingerprint density at radius 3 is 2.29 bits per heavy atom. The van der Waals surface area contributed by atoms with Gasteiger partial charge in [-0.15, -0.1) is 0 Å². The lowest BCUT2D eigenvalue weighted by Gasteiger charge is -2.30. The maximum absolute atomic E-state index is 11.2. The summed E-state index contributed by atoms with van der Waals surface area (Å²) in [7, 11) is 1.40. The number of carbonyl (C=O) groups is 1. The SMILES string of the molecule is COC(Cc1ccc(OCCC2(c3ccccc3)N=C(c3ccccc3)OC2C)cc1)C(=O)O. The van der Waals surface area contributed by atoms with Crippen molar-refractivity contribution >= 4 is 11.9 Å². The van der Waals surface area contributed by atoms with Crippen molar-refractivity contribution in [2.75, 3.05) is 13.7 Å². The van der Waals surface area contributed by atoms with Crippen LogP contribution in [0.15, 0.2) is 89.9 Å². The number of aliphatic carboxylic acids is 1. The Labute approximate surface area is 199 Å². The number of ether oxygens (including phenoxy) is 3. The van der Waals surface area contributed by atoms with Crippen LogP contribution in [0.1, 0.15) is 30.0 Å². The number of aliphatic imine (C=N–C) groups is 1. The van der Waals surface area contributed by atoms with Crippen molar-refractivity contribution in [3.05, 3.63) is 102 Å². The minimum atomic E-state index is -0.975. The third-order valence-corrected chi connectivity index (χ3v) is 6.21. The van der Waals surface area contributed by atoms with E-state index in [1.54, 1.807) is 0 Å². The summed E-state index contributed by atoms with van der Waals surface area (Å²) in [5.41, 5.74) is 2.36. The highest BCUT2D eigenvalue weighted by atomic mass is 16.5. The second-order valence-electron chi connectivity index (χ2n) is 8.34. The van der Waals surface area contributed by atoms with Crippen LogP contribution in [0.3, 0.4) is 0 Å². The first-order valence-electron chi connectivity index (χ1n) is 11.4. The van der Waals surface area contributed by atoms with E-state index >= 15 is 0 Å². The molecule has 1 aliphatic heterocycles. The molecule has 3 aromatic rings. The van der Waals surface area contributed by atoms with Gasteiger partial charge in [0.1, 0.15) is 17.4 Å². The Bertz CT molecular complexity index is 1110. The number of rotatable bonds is 10. The average molecular weight is 460 g/mol. The van der Waals surface area contributed by atoms with E-state index in [9.17, 15) is 4.79 Å². The van der Waals surface area contributed by atoms with Gasteiger partial charge in [0.25, 0.3) is 0 Å². The fourth-order valence-corrected chi connectivity index (χ4v) is 4.24. The summed E-state index contributed by atoms with van der Waals surface area (Å²) >= 11 is 0. The van der Waals surface area contributed by atoms with Crippen LogP contribution in [0, 0.1) is 0 Å². The zero-order valence-electron chi connectivity index (χ0n) is 19.4. The van der Waals surface area contributed by atoms with Crippen molar-refractivity contribution < 1.29 is 24.1 Å². The van der Waals surface area contributed by atoms with Gasteiger partial charge in [-0.3, -0.25) is 0 Å². The van der Waals surface area contributed by atoms with Gasteiger partial charge in [0, 0.05) is 25.5 Å². The van der Waals surface area contributed by atoms with Gasteiger partial charge in [-0.2, -0.15) is 0 Å². The maximum atomic E-state index is 11.2. The van der Waals surface area contributed by atoms with Gasteiger partial charge >= 0.3 is 5.97 Å². The summed E-state index contributed by atoms with van der Waals surface area (Å²) in [4.78, 5) is 16.3. The monoisotopic (exact) mass is 459 g/mol. The van der Waals surface area contributed by atoms with Gasteiger partial charge in [0.2, 0.25) is 5.90 Å². The van der Waals surface area contributed by atoms with Crippen LogP contribution in [-0.2, 0) is 26.2 Å². The van der Waals surface area contributed by atoms with Crippen LogP contribution in [0.5, 0.6) is 5.75 Å². The van der Waals surface area contributed by atoms with Crippen LogP contribution in [0.25, 0.3) is 0 Å². The van der Waals surface area contributed by atoms with Gasteiger partial charge in [-0.25, -0.2) is 9.79 Å². The van der Waals surface area contributed by atoms with Crippen LogP contribution < -0.4 is 4.74 Å². The molecular weight excluding hydrogens is 430 g/mol. The van der Waals surface area contributed by atoms with E-state index < -0.39 is 17.6 Å². The minimum absolute atomic E-state index is 0.155. The van der Waals surface area contributed by atoms with Crippen LogP contribution in [0.4, 0.5) is 0 Å². The zero-order valence-corrected chi connectivity index (χ0v) is 19.4. The van der Waals surface area contributed by atoms with Gasteiger partial charge in [0.05, 0.1) is 6.61 Å². The normalized spacial score (nSPS) is 20.3. The molecule has 1 N–H and O–H groups in total. The van der Waals surface area contributed by atoms with Gasteiger partial charge in [-0.1, -0.05) is 60.7 Å². The van der Waals surface area contributed by atoms with E-state index in [1.807, 2.05) is 72.8 Å². The number of carboxylic acids is 1. The maximum Gasteiger partial charge on any atom is 0.333 e. The van der Waals surface area contributed by atoms with Gasteiger partial charge in [-0.05, 0) is 42.3 Å². The molecule has 0 amide bonds. The Hall–Kier alpha value is -3.64. The van der Waals surface area contributed by atoms with E-state index in [-0.39, 0.29) is 6.10 Å². The number of hydrogen-bond donors (Lipinski definition) is 1. The lowest BCUT2D eigenvalue weighted by molar-refractivity contribution is -0.148. The first-order valence-corrected chi connectivity index (χ1v) is 11.4. The number of nitrogens with zero attached hydrogens (tertiary/aromatic N) is 1. The zero-order chi connectivity index (χ0) is 24.0. The fourth-order valence-electron chi connectivity index (χ4n) is 4.24. The molecule has 1 heterocycles. The Balaban J connectivity index is 1.49. The predicted octanol–water partition coefficient (Wildman–Crippen LogP) is 4.86.